The van der Waals surface area contributed by atoms with Crippen LogP contribution in [0.5, 0.6) is 0 Å². The van der Waals surface area contributed by atoms with E-state index in [9.17, 15) is 9.59 Å². The summed E-state index contributed by atoms with van der Waals surface area (Å²) in [6.07, 6.45) is 2.17. The van der Waals surface area contributed by atoms with Gasteiger partial charge in [0, 0.05) is 12.2 Å². The van der Waals surface area contributed by atoms with Gasteiger partial charge in [-0.2, -0.15) is 0 Å². The highest BCUT2D eigenvalue weighted by atomic mass is 16.5. The molecule has 0 spiro atoms. The van der Waals surface area contributed by atoms with Gasteiger partial charge in [0.25, 0.3) is 0 Å². The summed E-state index contributed by atoms with van der Waals surface area (Å²) in [5.41, 5.74) is 5.91. The van der Waals surface area contributed by atoms with Crippen molar-refractivity contribution in [3.8, 4) is 5.69 Å². The fraction of sp³-hybridized carbons (Fsp3) is 0.333. The SMILES string of the molecule is COC(=O)C1(c2cn(-c3ccc(C(N)=O)cc3)nn2)CCOC1. The van der Waals surface area contributed by atoms with E-state index in [1.54, 1.807) is 30.5 Å². The molecule has 2 N–H and O–H groups in total. The fourth-order valence-electron chi connectivity index (χ4n) is 2.62. The smallest absolute Gasteiger partial charge is 0.320 e. The number of rotatable bonds is 4. The van der Waals surface area contributed by atoms with Gasteiger partial charge >= 0.3 is 5.97 Å². The van der Waals surface area contributed by atoms with Crippen molar-refractivity contribution in [1.82, 2.24) is 15.0 Å². The van der Waals surface area contributed by atoms with E-state index in [2.05, 4.69) is 10.3 Å². The summed E-state index contributed by atoms with van der Waals surface area (Å²) < 4.78 is 11.8. The molecule has 3 rings (SSSR count). The molecule has 0 bridgehead atoms. The van der Waals surface area contributed by atoms with Crippen molar-refractivity contribution in [2.45, 2.75) is 11.8 Å². The number of hydrogen-bond acceptors (Lipinski definition) is 6. The van der Waals surface area contributed by atoms with Crippen molar-refractivity contribution in [1.29, 1.82) is 0 Å². The minimum Gasteiger partial charge on any atom is -0.468 e. The van der Waals surface area contributed by atoms with Gasteiger partial charge in [0.15, 0.2) is 0 Å². The van der Waals surface area contributed by atoms with Crippen LogP contribution in [0.25, 0.3) is 5.69 Å². The largest absolute Gasteiger partial charge is 0.468 e. The minimum atomic E-state index is -0.917. The molecule has 1 unspecified atom stereocenters. The maximum atomic E-state index is 12.2. The molecule has 1 fully saturated rings. The Labute approximate surface area is 132 Å². The Morgan fingerprint density at radius 2 is 2.09 bits per heavy atom. The number of nitrogens with zero attached hydrogens (tertiary/aromatic N) is 3. The molecule has 1 aromatic carbocycles. The van der Waals surface area contributed by atoms with Crippen LogP contribution in [0.3, 0.4) is 0 Å². The highest BCUT2D eigenvalue weighted by molar-refractivity contribution is 5.92. The average Bonchev–Trinajstić information content (AvgIpc) is 3.24. The van der Waals surface area contributed by atoms with E-state index >= 15 is 0 Å². The number of amides is 1. The molecule has 0 radical (unpaired) electrons. The lowest BCUT2D eigenvalue weighted by molar-refractivity contribution is -0.147. The molecule has 2 heterocycles. The van der Waals surface area contributed by atoms with Crippen LogP contribution in [-0.4, -0.2) is 47.2 Å². The number of carbonyl (C=O) groups excluding carboxylic acids is 2. The summed E-state index contributed by atoms with van der Waals surface area (Å²) in [7, 11) is 1.34. The second-order valence-corrected chi connectivity index (χ2v) is 5.34. The van der Waals surface area contributed by atoms with Gasteiger partial charge in [-0.3, -0.25) is 9.59 Å². The maximum absolute atomic E-state index is 12.2. The second-order valence-electron chi connectivity index (χ2n) is 5.34. The fourth-order valence-corrected chi connectivity index (χ4v) is 2.62. The lowest BCUT2D eigenvalue weighted by atomic mass is 9.84. The average molecular weight is 316 g/mol. The zero-order valence-electron chi connectivity index (χ0n) is 12.6. The van der Waals surface area contributed by atoms with E-state index in [0.29, 0.717) is 30.0 Å². The predicted octanol–water partition coefficient (Wildman–Crippen LogP) is 0.197. The van der Waals surface area contributed by atoms with Crippen molar-refractivity contribution >= 4 is 11.9 Å². The van der Waals surface area contributed by atoms with Crippen LogP contribution in [0.15, 0.2) is 30.5 Å². The van der Waals surface area contributed by atoms with Crippen molar-refractivity contribution in [2.24, 2.45) is 5.73 Å². The number of benzene rings is 1. The first kappa shape index (κ1) is 15.2. The Balaban J connectivity index is 1.93. The van der Waals surface area contributed by atoms with E-state index in [4.69, 9.17) is 15.2 Å². The first-order valence-electron chi connectivity index (χ1n) is 7.06. The molecule has 8 nitrogen and oxygen atoms in total. The molecule has 8 heteroatoms. The molecule has 0 saturated carbocycles. The quantitative estimate of drug-likeness (QED) is 0.807. The van der Waals surface area contributed by atoms with Crippen LogP contribution < -0.4 is 5.73 Å². The number of carbonyl (C=O) groups is 2. The van der Waals surface area contributed by atoms with Crippen molar-refractivity contribution in [2.75, 3.05) is 20.3 Å². The molecule has 1 atom stereocenters. The lowest BCUT2D eigenvalue weighted by Crippen LogP contribution is -2.38. The molecule has 1 aromatic heterocycles. The highest BCUT2D eigenvalue weighted by Gasteiger charge is 2.47. The molecule has 2 aromatic rings. The number of hydrogen-bond donors (Lipinski definition) is 1. The molecule has 1 aliphatic rings. The van der Waals surface area contributed by atoms with Crippen LogP contribution in [0, 0.1) is 0 Å². The number of aromatic nitrogens is 3. The Bertz CT molecular complexity index is 732. The third-order valence-corrected chi connectivity index (χ3v) is 4.00. The number of methoxy groups -OCH3 is 1. The summed E-state index contributed by atoms with van der Waals surface area (Å²) in [4.78, 5) is 23.3. The summed E-state index contributed by atoms with van der Waals surface area (Å²) >= 11 is 0. The topological polar surface area (TPSA) is 109 Å². The Kier molecular flexibility index (Phi) is 3.83. The van der Waals surface area contributed by atoms with Gasteiger partial charge in [-0.05, 0) is 30.7 Å². The van der Waals surface area contributed by atoms with Gasteiger partial charge in [0.2, 0.25) is 5.91 Å². The molecule has 1 aliphatic heterocycles. The van der Waals surface area contributed by atoms with Gasteiger partial charge in [-0.25, -0.2) is 4.68 Å². The summed E-state index contributed by atoms with van der Waals surface area (Å²) in [6.45, 7) is 0.689. The normalized spacial score (nSPS) is 20.4. The van der Waals surface area contributed by atoms with Crippen molar-refractivity contribution in [3.05, 3.63) is 41.7 Å². The molecular formula is C15H16N4O4. The Morgan fingerprint density at radius 1 is 1.35 bits per heavy atom. The maximum Gasteiger partial charge on any atom is 0.320 e. The van der Waals surface area contributed by atoms with E-state index in [0.717, 1.165) is 0 Å². The Hall–Kier alpha value is -2.74. The van der Waals surface area contributed by atoms with Crippen LogP contribution >= 0.6 is 0 Å². The molecule has 0 aliphatic carbocycles. The van der Waals surface area contributed by atoms with Gasteiger partial charge in [0.05, 0.1) is 25.6 Å². The van der Waals surface area contributed by atoms with Crippen molar-refractivity contribution in [3.63, 3.8) is 0 Å². The van der Waals surface area contributed by atoms with Gasteiger partial charge < -0.3 is 15.2 Å². The zero-order chi connectivity index (χ0) is 16.4. The predicted molar refractivity (Wildman–Crippen MR) is 79.0 cm³/mol. The summed E-state index contributed by atoms with van der Waals surface area (Å²) in [5.74, 6) is -0.880. The first-order valence-corrected chi connectivity index (χ1v) is 7.06. The van der Waals surface area contributed by atoms with Gasteiger partial charge in [-0.15, -0.1) is 5.10 Å². The van der Waals surface area contributed by atoms with E-state index < -0.39 is 11.3 Å². The third kappa shape index (κ3) is 2.57. The number of nitrogens with two attached hydrogens (primary N) is 1. The molecule has 120 valence electrons. The number of esters is 1. The van der Waals surface area contributed by atoms with Crippen LogP contribution in [0.2, 0.25) is 0 Å². The number of primary amides is 1. The molecule has 1 amide bonds. The second kappa shape index (κ2) is 5.81. The Morgan fingerprint density at radius 3 is 2.65 bits per heavy atom. The van der Waals surface area contributed by atoms with Gasteiger partial charge in [-0.1, -0.05) is 5.21 Å². The minimum absolute atomic E-state index is 0.221. The zero-order valence-corrected chi connectivity index (χ0v) is 12.6. The monoisotopic (exact) mass is 316 g/mol. The van der Waals surface area contributed by atoms with E-state index in [1.807, 2.05) is 0 Å². The molecule has 1 saturated heterocycles. The van der Waals surface area contributed by atoms with Crippen LogP contribution in [-0.2, 0) is 19.7 Å². The van der Waals surface area contributed by atoms with Crippen molar-refractivity contribution < 1.29 is 19.1 Å². The molecular weight excluding hydrogens is 300 g/mol. The standard InChI is InChI=1S/C15H16N4O4/c1-22-14(21)15(6-7-23-9-15)12-8-19(18-17-12)11-4-2-10(3-5-11)13(16)20/h2-5,8H,6-7,9H2,1H3,(H2,16,20). The summed E-state index contributed by atoms with van der Waals surface area (Å²) in [5, 5.41) is 8.17. The van der Waals surface area contributed by atoms with Gasteiger partial charge in [0.1, 0.15) is 11.1 Å². The third-order valence-electron chi connectivity index (χ3n) is 4.00. The van der Waals surface area contributed by atoms with Crippen LogP contribution in [0.1, 0.15) is 22.5 Å². The summed E-state index contributed by atoms with van der Waals surface area (Å²) in [6, 6.07) is 6.62. The van der Waals surface area contributed by atoms with E-state index in [1.165, 1.54) is 11.8 Å². The highest BCUT2D eigenvalue weighted by Crippen LogP contribution is 2.33. The lowest BCUT2D eigenvalue weighted by Gasteiger charge is -2.20. The van der Waals surface area contributed by atoms with Crippen LogP contribution in [0.4, 0.5) is 0 Å². The first-order chi connectivity index (χ1) is 11.1. The number of ether oxygens (including phenoxy) is 2. The van der Waals surface area contributed by atoms with E-state index in [-0.39, 0.29) is 12.6 Å². The molecule has 23 heavy (non-hydrogen) atoms.